The third-order valence-corrected chi connectivity index (χ3v) is 4.92. The summed E-state index contributed by atoms with van der Waals surface area (Å²) < 4.78 is 1.33. The van der Waals surface area contributed by atoms with Gasteiger partial charge in [0.1, 0.15) is 6.54 Å². The first-order chi connectivity index (χ1) is 13.2. The highest BCUT2D eigenvalue weighted by Gasteiger charge is 2.11. The van der Waals surface area contributed by atoms with Crippen LogP contribution in [0.2, 0.25) is 0 Å². The predicted octanol–water partition coefficient (Wildman–Crippen LogP) is 3.03. The number of amides is 1. The van der Waals surface area contributed by atoms with Gasteiger partial charge in [0.2, 0.25) is 5.91 Å². The SMILES string of the molecule is O=C(Cn1cnc2ccccc2c1=O)Nc1ccc(N2CCCCC2)cc1. The molecule has 1 fully saturated rings. The van der Waals surface area contributed by atoms with E-state index in [0.717, 1.165) is 18.8 Å². The van der Waals surface area contributed by atoms with Crippen molar-refractivity contribution in [3.05, 3.63) is 65.2 Å². The molecular formula is C21H22N4O2. The van der Waals surface area contributed by atoms with Crippen LogP contribution in [-0.2, 0) is 11.3 Å². The van der Waals surface area contributed by atoms with E-state index in [1.165, 1.54) is 35.8 Å². The maximum Gasteiger partial charge on any atom is 0.261 e. The second-order valence-corrected chi connectivity index (χ2v) is 6.84. The van der Waals surface area contributed by atoms with Crippen molar-refractivity contribution in [3.8, 4) is 0 Å². The van der Waals surface area contributed by atoms with Gasteiger partial charge in [-0.25, -0.2) is 4.98 Å². The average molecular weight is 362 g/mol. The van der Waals surface area contributed by atoms with Crippen LogP contribution in [0.25, 0.3) is 10.9 Å². The maximum absolute atomic E-state index is 12.5. The zero-order valence-corrected chi connectivity index (χ0v) is 15.1. The normalized spacial score (nSPS) is 14.3. The number of rotatable bonds is 4. The maximum atomic E-state index is 12.5. The van der Waals surface area contributed by atoms with Crippen molar-refractivity contribution in [2.24, 2.45) is 0 Å². The first-order valence-electron chi connectivity index (χ1n) is 9.30. The molecule has 0 radical (unpaired) electrons. The minimum absolute atomic E-state index is 0.0649. The molecule has 1 amide bonds. The number of aromatic nitrogens is 2. The summed E-state index contributed by atoms with van der Waals surface area (Å²) >= 11 is 0. The Morgan fingerprint density at radius 2 is 1.74 bits per heavy atom. The number of para-hydroxylation sites is 1. The van der Waals surface area contributed by atoms with Crippen molar-refractivity contribution in [2.45, 2.75) is 25.8 Å². The molecule has 138 valence electrons. The molecule has 2 aromatic carbocycles. The van der Waals surface area contributed by atoms with Gasteiger partial charge >= 0.3 is 0 Å². The number of carbonyl (C=O) groups excluding carboxylic acids is 1. The van der Waals surface area contributed by atoms with Gasteiger partial charge in [0.15, 0.2) is 0 Å². The first-order valence-corrected chi connectivity index (χ1v) is 9.30. The van der Waals surface area contributed by atoms with Crippen LogP contribution in [-0.4, -0.2) is 28.5 Å². The molecule has 27 heavy (non-hydrogen) atoms. The van der Waals surface area contributed by atoms with Crippen LogP contribution in [0, 0.1) is 0 Å². The lowest BCUT2D eigenvalue weighted by molar-refractivity contribution is -0.116. The minimum Gasteiger partial charge on any atom is -0.372 e. The number of carbonyl (C=O) groups is 1. The summed E-state index contributed by atoms with van der Waals surface area (Å²) in [6.07, 6.45) is 5.18. The highest BCUT2D eigenvalue weighted by Crippen LogP contribution is 2.21. The fourth-order valence-corrected chi connectivity index (χ4v) is 3.48. The van der Waals surface area contributed by atoms with E-state index in [2.05, 4.69) is 15.2 Å². The lowest BCUT2D eigenvalue weighted by Gasteiger charge is -2.28. The van der Waals surface area contributed by atoms with E-state index in [1.807, 2.05) is 30.3 Å². The van der Waals surface area contributed by atoms with E-state index in [-0.39, 0.29) is 18.0 Å². The zero-order valence-electron chi connectivity index (χ0n) is 15.1. The molecule has 3 aromatic rings. The van der Waals surface area contributed by atoms with Gasteiger partial charge in [-0.1, -0.05) is 12.1 Å². The predicted molar refractivity (Wildman–Crippen MR) is 107 cm³/mol. The van der Waals surface area contributed by atoms with Crippen LogP contribution in [0.3, 0.4) is 0 Å². The highest BCUT2D eigenvalue weighted by molar-refractivity contribution is 5.91. The van der Waals surface area contributed by atoms with Crippen molar-refractivity contribution in [1.82, 2.24) is 9.55 Å². The molecule has 6 heteroatoms. The molecule has 0 unspecified atom stereocenters. The second-order valence-electron chi connectivity index (χ2n) is 6.84. The summed E-state index contributed by atoms with van der Waals surface area (Å²) in [6, 6.07) is 15.0. The van der Waals surface area contributed by atoms with Crippen molar-refractivity contribution < 1.29 is 4.79 Å². The monoisotopic (exact) mass is 362 g/mol. The van der Waals surface area contributed by atoms with Crippen molar-refractivity contribution in [2.75, 3.05) is 23.3 Å². The number of benzene rings is 2. The lowest BCUT2D eigenvalue weighted by atomic mass is 10.1. The van der Waals surface area contributed by atoms with Crippen molar-refractivity contribution >= 4 is 28.2 Å². The summed E-state index contributed by atoms with van der Waals surface area (Å²) in [7, 11) is 0. The van der Waals surface area contributed by atoms with E-state index in [4.69, 9.17) is 0 Å². The Labute approximate surface area is 157 Å². The lowest BCUT2D eigenvalue weighted by Crippen LogP contribution is -2.29. The number of nitrogens with zero attached hydrogens (tertiary/aromatic N) is 3. The van der Waals surface area contributed by atoms with Gasteiger partial charge in [0, 0.05) is 24.5 Å². The summed E-state index contributed by atoms with van der Waals surface area (Å²) in [6.45, 7) is 2.11. The zero-order chi connectivity index (χ0) is 18.6. The standard InChI is InChI=1S/C21H22N4O2/c26-20(14-25-15-22-19-7-3-2-6-18(19)21(25)27)23-16-8-10-17(11-9-16)24-12-4-1-5-13-24/h2-3,6-11,15H,1,4-5,12-14H2,(H,23,26). The van der Waals surface area contributed by atoms with E-state index in [9.17, 15) is 9.59 Å². The second kappa shape index (κ2) is 7.61. The van der Waals surface area contributed by atoms with Crippen LogP contribution in [0.15, 0.2) is 59.7 Å². The Kier molecular flexibility index (Phi) is 4.87. The largest absolute Gasteiger partial charge is 0.372 e. The van der Waals surface area contributed by atoms with E-state index >= 15 is 0 Å². The fraction of sp³-hybridized carbons (Fsp3) is 0.286. The molecule has 0 saturated carbocycles. The van der Waals surface area contributed by atoms with Crippen LogP contribution in [0.1, 0.15) is 19.3 Å². The van der Waals surface area contributed by atoms with Gasteiger partial charge in [-0.15, -0.1) is 0 Å². The molecular weight excluding hydrogens is 340 g/mol. The van der Waals surface area contributed by atoms with Gasteiger partial charge in [-0.05, 0) is 55.7 Å². The van der Waals surface area contributed by atoms with Crippen LogP contribution < -0.4 is 15.8 Å². The van der Waals surface area contributed by atoms with Crippen molar-refractivity contribution in [1.29, 1.82) is 0 Å². The first kappa shape index (κ1) is 17.3. The van der Waals surface area contributed by atoms with E-state index in [0.29, 0.717) is 10.9 Å². The van der Waals surface area contributed by atoms with E-state index < -0.39 is 0 Å². The smallest absolute Gasteiger partial charge is 0.261 e. The average Bonchev–Trinajstić information content (AvgIpc) is 2.71. The topological polar surface area (TPSA) is 67.2 Å². The van der Waals surface area contributed by atoms with Gasteiger partial charge in [0.05, 0.1) is 17.2 Å². The molecule has 0 aliphatic carbocycles. The van der Waals surface area contributed by atoms with Gasteiger partial charge in [-0.3, -0.25) is 14.2 Å². The van der Waals surface area contributed by atoms with Crippen LogP contribution >= 0.6 is 0 Å². The number of piperidine rings is 1. The Balaban J connectivity index is 1.43. The fourth-order valence-electron chi connectivity index (χ4n) is 3.48. The Morgan fingerprint density at radius 3 is 2.52 bits per heavy atom. The number of hydrogen-bond acceptors (Lipinski definition) is 4. The molecule has 1 aliphatic rings. The summed E-state index contributed by atoms with van der Waals surface area (Å²) in [4.78, 5) is 31.4. The number of hydrogen-bond donors (Lipinski definition) is 1. The number of nitrogens with one attached hydrogen (secondary N) is 1. The van der Waals surface area contributed by atoms with Crippen LogP contribution in [0.5, 0.6) is 0 Å². The number of anilines is 2. The Morgan fingerprint density at radius 1 is 1.00 bits per heavy atom. The van der Waals surface area contributed by atoms with Gasteiger partial charge < -0.3 is 10.2 Å². The molecule has 1 aromatic heterocycles. The molecule has 2 heterocycles. The van der Waals surface area contributed by atoms with Crippen LogP contribution in [0.4, 0.5) is 11.4 Å². The molecule has 0 atom stereocenters. The Hall–Kier alpha value is -3.15. The molecule has 1 N–H and O–H groups in total. The van der Waals surface area contributed by atoms with Gasteiger partial charge in [0.25, 0.3) is 5.56 Å². The molecule has 0 spiro atoms. The van der Waals surface area contributed by atoms with Crippen molar-refractivity contribution in [3.63, 3.8) is 0 Å². The molecule has 1 aliphatic heterocycles. The highest BCUT2D eigenvalue weighted by atomic mass is 16.2. The summed E-state index contributed by atoms with van der Waals surface area (Å²) in [5.74, 6) is -0.250. The third kappa shape index (κ3) is 3.84. The quantitative estimate of drug-likeness (QED) is 0.775. The third-order valence-electron chi connectivity index (χ3n) is 4.92. The molecule has 1 saturated heterocycles. The summed E-state index contributed by atoms with van der Waals surface area (Å²) in [5, 5.41) is 3.36. The summed E-state index contributed by atoms with van der Waals surface area (Å²) in [5.41, 5.74) is 2.33. The molecule has 0 bridgehead atoms. The minimum atomic E-state index is -0.250. The van der Waals surface area contributed by atoms with E-state index in [1.54, 1.807) is 18.2 Å². The molecule has 4 rings (SSSR count). The molecule has 6 nitrogen and oxygen atoms in total. The number of fused-ring (bicyclic) bond motifs is 1. The Bertz CT molecular complexity index is 1000. The van der Waals surface area contributed by atoms with Gasteiger partial charge in [-0.2, -0.15) is 0 Å².